The smallest absolute Gasteiger partial charge is 0.0867 e. The molecule has 2 N–H and O–H groups in total. The van der Waals surface area contributed by atoms with Gasteiger partial charge >= 0.3 is 0 Å². The van der Waals surface area contributed by atoms with Crippen molar-refractivity contribution in [2.75, 3.05) is 20.1 Å². The third-order valence-electron chi connectivity index (χ3n) is 3.23. The molecule has 0 saturated carbocycles. The molecule has 3 heterocycles. The standard InChI is InChI=1S/C12H16N2S2/c1-14-6-9(4-10(13)7-14)11-5-8-2-3-15-12(8)16-11/h2-3,5,9-10H,4,6-7,13H2,1H3. The highest BCUT2D eigenvalue weighted by molar-refractivity contribution is 7.37. The summed E-state index contributed by atoms with van der Waals surface area (Å²) >= 11 is 3.80. The number of piperidine rings is 1. The first-order chi connectivity index (χ1) is 7.72. The van der Waals surface area contributed by atoms with Crippen molar-refractivity contribution in [1.82, 2.24) is 4.90 Å². The summed E-state index contributed by atoms with van der Waals surface area (Å²) in [7, 11) is 2.17. The molecule has 4 heteroatoms. The third kappa shape index (κ3) is 1.91. The molecule has 0 amide bonds. The van der Waals surface area contributed by atoms with Crippen LogP contribution in [0.15, 0.2) is 17.5 Å². The zero-order chi connectivity index (χ0) is 11.1. The van der Waals surface area contributed by atoms with Crippen molar-refractivity contribution in [2.24, 2.45) is 5.73 Å². The van der Waals surface area contributed by atoms with Gasteiger partial charge < -0.3 is 10.6 Å². The van der Waals surface area contributed by atoms with Crippen molar-refractivity contribution in [3.63, 3.8) is 0 Å². The predicted octanol–water partition coefficient (Wildman–Crippen LogP) is 2.71. The molecule has 2 unspecified atom stereocenters. The Balaban J connectivity index is 1.88. The molecule has 0 bridgehead atoms. The minimum atomic E-state index is 0.337. The summed E-state index contributed by atoms with van der Waals surface area (Å²) in [4.78, 5) is 3.87. The molecule has 1 fully saturated rings. The van der Waals surface area contributed by atoms with Crippen LogP contribution in [-0.4, -0.2) is 31.1 Å². The molecule has 3 rings (SSSR count). The number of likely N-dealkylation sites (tertiary alicyclic amines) is 1. The molecule has 2 nitrogen and oxygen atoms in total. The zero-order valence-electron chi connectivity index (χ0n) is 9.35. The van der Waals surface area contributed by atoms with Gasteiger partial charge in [-0.2, -0.15) is 0 Å². The lowest BCUT2D eigenvalue weighted by Gasteiger charge is -2.33. The van der Waals surface area contributed by atoms with Crippen LogP contribution in [0.4, 0.5) is 0 Å². The summed E-state index contributed by atoms with van der Waals surface area (Å²) in [5.74, 6) is 0.637. The zero-order valence-corrected chi connectivity index (χ0v) is 11.0. The van der Waals surface area contributed by atoms with Crippen LogP contribution in [0.5, 0.6) is 0 Å². The minimum absolute atomic E-state index is 0.337. The topological polar surface area (TPSA) is 29.3 Å². The van der Waals surface area contributed by atoms with Crippen molar-refractivity contribution in [1.29, 1.82) is 0 Å². The molecule has 16 heavy (non-hydrogen) atoms. The number of likely N-dealkylation sites (N-methyl/N-ethyl adjacent to an activating group) is 1. The van der Waals surface area contributed by atoms with E-state index in [0.717, 1.165) is 19.5 Å². The van der Waals surface area contributed by atoms with E-state index in [1.54, 1.807) is 0 Å². The number of hydrogen-bond acceptors (Lipinski definition) is 4. The van der Waals surface area contributed by atoms with Gasteiger partial charge in [-0.15, -0.1) is 22.7 Å². The van der Waals surface area contributed by atoms with Crippen molar-refractivity contribution < 1.29 is 0 Å². The maximum Gasteiger partial charge on any atom is 0.0867 e. The molecule has 0 radical (unpaired) electrons. The van der Waals surface area contributed by atoms with Crippen molar-refractivity contribution in [3.05, 3.63) is 22.4 Å². The number of hydrogen-bond donors (Lipinski definition) is 1. The van der Waals surface area contributed by atoms with Gasteiger partial charge in [0, 0.05) is 35.3 Å². The average Bonchev–Trinajstić information content (AvgIpc) is 2.74. The second-order valence-corrected chi connectivity index (χ2v) is 6.98. The fourth-order valence-corrected chi connectivity index (χ4v) is 4.79. The van der Waals surface area contributed by atoms with Crippen LogP contribution in [-0.2, 0) is 0 Å². The van der Waals surface area contributed by atoms with E-state index in [2.05, 4.69) is 29.5 Å². The molecular formula is C12H16N2S2. The SMILES string of the molecule is CN1CC(N)CC(c2cc3ccsc3s2)C1. The molecule has 2 aromatic rings. The van der Waals surface area contributed by atoms with E-state index >= 15 is 0 Å². The van der Waals surface area contributed by atoms with Crippen LogP contribution in [0.3, 0.4) is 0 Å². The van der Waals surface area contributed by atoms with Crippen LogP contribution in [0.25, 0.3) is 9.40 Å². The predicted molar refractivity (Wildman–Crippen MR) is 72.5 cm³/mol. The Kier molecular flexibility index (Phi) is 2.75. The Hall–Kier alpha value is -0.420. The van der Waals surface area contributed by atoms with Gasteiger partial charge in [0.1, 0.15) is 0 Å². The van der Waals surface area contributed by atoms with Gasteiger partial charge in [0.05, 0.1) is 4.01 Å². The maximum absolute atomic E-state index is 6.09. The number of nitrogens with zero attached hydrogens (tertiary/aromatic N) is 1. The molecule has 1 saturated heterocycles. The summed E-state index contributed by atoms with van der Waals surface area (Å²) in [6, 6.07) is 4.91. The van der Waals surface area contributed by atoms with Crippen LogP contribution in [0.2, 0.25) is 0 Å². The Bertz CT molecular complexity index is 449. The summed E-state index contributed by atoms with van der Waals surface area (Å²) < 4.78 is 1.46. The largest absolute Gasteiger partial charge is 0.327 e. The van der Waals surface area contributed by atoms with E-state index in [-0.39, 0.29) is 0 Å². The minimum Gasteiger partial charge on any atom is -0.327 e. The summed E-state index contributed by atoms with van der Waals surface area (Å²) in [6.07, 6.45) is 1.14. The van der Waals surface area contributed by atoms with E-state index in [1.165, 1.54) is 14.3 Å². The summed E-state index contributed by atoms with van der Waals surface area (Å²) in [5.41, 5.74) is 6.09. The third-order valence-corrected chi connectivity index (χ3v) is 5.60. The van der Waals surface area contributed by atoms with Crippen LogP contribution in [0, 0.1) is 0 Å². The van der Waals surface area contributed by atoms with Crippen molar-refractivity contribution in [2.45, 2.75) is 18.4 Å². The summed E-state index contributed by atoms with van der Waals surface area (Å²) in [6.45, 7) is 2.19. The molecule has 0 aliphatic carbocycles. The van der Waals surface area contributed by atoms with E-state index < -0.39 is 0 Å². The Labute approximate surface area is 104 Å². The highest BCUT2D eigenvalue weighted by atomic mass is 32.2. The molecule has 86 valence electrons. The molecule has 1 aliphatic rings. The van der Waals surface area contributed by atoms with E-state index in [0.29, 0.717) is 12.0 Å². The lowest BCUT2D eigenvalue weighted by molar-refractivity contribution is 0.228. The van der Waals surface area contributed by atoms with Gasteiger partial charge in [0.15, 0.2) is 0 Å². The monoisotopic (exact) mass is 252 g/mol. The van der Waals surface area contributed by atoms with E-state index in [1.807, 2.05) is 22.7 Å². The van der Waals surface area contributed by atoms with Crippen LogP contribution >= 0.6 is 22.7 Å². The Morgan fingerprint density at radius 3 is 3.06 bits per heavy atom. The van der Waals surface area contributed by atoms with Crippen LogP contribution in [0.1, 0.15) is 17.2 Å². The molecule has 2 aromatic heterocycles. The van der Waals surface area contributed by atoms with Crippen molar-refractivity contribution in [3.8, 4) is 0 Å². The highest BCUT2D eigenvalue weighted by Crippen LogP contribution is 2.37. The first kappa shape index (κ1) is 10.7. The number of rotatable bonds is 1. The van der Waals surface area contributed by atoms with Gasteiger partial charge in [-0.05, 0) is 31.0 Å². The van der Waals surface area contributed by atoms with Crippen LogP contribution < -0.4 is 5.73 Å². The molecule has 0 spiro atoms. The van der Waals surface area contributed by atoms with E-state index in [9.17, 15) is 0 Å². The lowest BCUT2D eigenvalue weighted by atomic mass is 9.93. The molecule has 1 aliphatic heterocycles. The number of thiophene rings is 2. The second-order valence-electron chi connectivity index (χ2n) is 4.73. The van der Waals surface area contributed by atoms with Gasteiger partial charge in [-0.25, -0.2) is 0 Å². The first-order valence-corrected chi connectivity index (χ1v) is 7.33. The highest BCUT2D eigenvalue weighted by Gasteiger charge is 2.25. The normalized spacial score (nSPS) is 27.6. The van der Waals surface area contributed by atoms with Gasteiger partial charge in [-0.3, -0.25) is 0 Å². The van der Waals surface area contributed by atoms with Crippen molar-refractivity contribution >= 4 is 32.1 Å². The van der Waals surface area contributed by atoms with Gasteiger partial charge in [0.2, 0.25) is 0 Å². The fourth-order valence-electron chi connectivity index (χ4n) is 2.56. The fraction of sp³-hybridized carbons (Fsp3) is 0.500. The number of fused-ring (bicyclic) bond motifs is 1. The lowest BCUT2D eigenvalue weighted by Crippen LogP contribution is -2.43. The van der Waals surface area contributed by atoms with E-state index in [4.69, 9.17) is 5.73 Å². The first-order valence-electron chi connectivity index (χ1n) is 5.63. The Morgan fingerprint density at radius 1 is 1.44 bits per heavy atom. The van der Waals surface area contributed by atoms with Gasteiger partial charge in [-0.1, -0.05) is 0 Å². The number of nitrogens with two attached hydrogens (primary N) is 1. The quantitative estimate of drug-likeness (QED) is 0.845. The van der Waals surface area contributed by atoms with Gasteiger partial charge in [0.25, 0.3) is 0 Å². The average molecular weight is 252 g/mol. The molecule has 2 atom stereocenters. The molecule has 0 aromatic carbocycles. The molecular weight excluding hydrogens is 236 g/mol. The Morgan fingerprint density at radius 2 is 2.31 bits per heavy atom. The maximum atomic E-state index is 6.09. The second kappa shape index (κ2) is 4.11. The summed E-state index contributed by atoms with van der Waals surface area (Å²) in [5, 5.41) is 3.58.